The maximum Gasteiger partial charge on any atom is 0.265 e. The molecule has 0 aliphatic rings. The summed E-state index contributed by atoms with van der Waals surface area (Å²) in [4.78, 5) is 12.1. The first-order chi connectivity index (χ1) is 13.2. The number of methoxy groups -OCH3 is 1. The molecule has 2 aromatic carbocycles. The van der Waals surface area contributed by atoms with E-state index in [2.05, 4.69) is 26.0 Å². The lowest BCUT2D eigenvalue weighted by atomic mass is 10.2. The average Bonchev–Trinajstić information content (AvgIpc) is 2.64. The zero-order chi connectivity index (χ0) is 20.9. The normalized spacial score (nSPS) is 11.8. The number of sulfonamides is 1. The lowest BCUT2D eigenvalue weighted by molar-refractivity contribution is -0.112. The Hall–Kier alpha value is -2.32. The molecule has 0 unspecified atom stereocenters. The highest BCUT2D eigenvalue weighted by Gasteiger charge is 2.22. The summed E-state index contributed by atoms with van der Waals surface area (Å²) >= 11 is 3.35. The van der Waals surface area contributed by atoms with E-state index in [9.17, 15) is 13.2 Å². The molecule has 0 saturated heterocycles. The number of rotatable bonds is 7. The van der Waals surface area contributed by atoms with Crippen molar-refractivity contribution in [3.63, 3.8) is 0 Å². The first kappa shape index (κ1) is 22.0. The quantitative estimate of drug-likeness (QED) is 0.570. The van der Waals surface area contributed by atoms with Crippen molar-refractivity contribution in [1.29, 1.82) is 0 Å². The van der Waals surface area contributed by atoms with Crippen LogP contribution in [0.15, 0.2) is 57.4 Å². The van der Waals surface area contributed by atoms with Gasteiger partial charge in [-0.25, -0.2) is 8.42 Å². The molecule has 0 radical (unpaired) electrons. The number of aryl methyl sites for hydroxylation is 1. The molecule has 0 aliphatic carbocycles. The second kappa shape index (κ2) is 9.25. The molecule has 6 nitrogen and oxygen atoms in total. The van der Waals surface area contributed by atoms with Crippen LogP contribution in [-0.2, 0) is 14.8 Å². The summed E-state index contributed by atoms with van der Waals surface area (Å²) in [6.45, 7) is 5.51. The second-order valence-corrected chi connectivity index (χ2v) is 8.71. The summed E-state index contributed by atoms with van der Waals surface area (Å²) < 4.78 is 34.4. The zero-order valence-electron chi connectivity index (χ0n) is 16.2. The molecule has 0 fully saturated rings. The molecule has 2 aromatic rings. The van der Waals surface area contributed by atoms with Gasteiger partial charge in [0, 0.05) is 15.7 Å². The predicted molar refractivity (Wildman–Crippen MR) is 115 cm³/mol. The average molecular weight is 467 g/mol. The lowest BCUT2D eigenvalue weighted by Gasteiger charge is -2.15. The highest BCUT2D eigenvalue weighted by Crippen LogP contribution is 2.31. The Labute approximate surface area is 174 Å². The molecule has 2 rings (SSSR count). The van der Waals surface area contributed by atoms with Crippen LogP contribution in [0.2, 0.25) is 0 Å². The fraction of sp³-hybridized carbons (Fsp3) is 0.250. The number of nitrogens with one attached hydrogen (secondary N) is 2. The number of hydrogen-bond donors (Lipinski definition) is 2. The van der Waals surface area contributed by atoms with Gasteiger partial charge in [-0.15, -0.1) is 0 Å². The van der Waals surface area contributed by atoms with Crippen LogP contribution >= 0.6 is 15.9 Å². The Bertz CT molecular complexity index is 1020. The Morgan fingerprint density at radius 2 is 1.93 bits per heavy atom. The Morgan fingerprint density at radius 3 is 2.57 bits per heavy atom. The predicted octanol–water partition coefficient (Wildman–Crippen LogP) is 4.86. The number of benzene rings is 2. The number of ether oxygens (including phenoxy) is 1. The van der Waals surface area contributed by atoms with Crippen LogP contribution in [0.3, 0.4) is 0 Å². The third-order valence-corrected chi connectivity index (χ3v) is 6.02. The lowest BCUT2D eigenvalue weighted by Crippen LogP contribution is -2.16. The minimum absolute atomic E-state index is 0.0710. The van der Waals surface area contributed by atoms with Gasteiger partial charge in [0.1, 0.15) is 10.6 Å². The van der Waals surface area contributed by atoms with Gasteiger partial charge in [-0.3, -0.25) is 9.52 Å². The van der Waals surface area contributed by atoms with Crippen molar-refractivity contribution in [2.75, 3.05) is 17.1 Å². The van der Waals surface area contributed by atoms with Crippen molar-refractivity contribution < 1.29 is 17.9 Å². The van der Waals surface area contributed by atoms with E-state index in [1.165, 1.54) is 19.2 Å². The van der Waals surface area contributed by atoms with E-state index in [-0.39, 0.29) is 16.6 Å². The van der Waals surface area contributed by atoms with Crippen LogP contribution in [0.25, 0.3) is 0 Å². The molecule has 0 aromatic heterocycles. The van der Waals surface area contributed by atoms with Crippen molar-refractivity contribution in [2.24, 2.45) is 0 Å². The van der Waals surface area contributed by atoms with Gasteiger partial charge >= 0.3 is 0 Å². The summed E-state index contributed by atoms with van der Waals surface area (Å²) in [6.07, 6.45) is 2.53. The van der Waals surface area contributed by atoms with Gasteiger partial charge in [0.05, 0.1) is 12.8 Å². The molecule has 1 amide bonds. The highest BCUT2D eigenvalue weighted by atomic mass is 79.9. The molecule has 0 heterocycles. The number of carbonyl (C=O) groups excluding carboxylic acids is 1. The van der Waals surface area contributed by atoms with E-state index in [0.29, 0.717) is 21.4 Å². The monoisotopic (exact) mass is 466 g/mol. The number of anilines is 2. The second-order valence-electron chi connectivity index (χ2n) is 6.20. The maximum absolute atomic E-state index is 13.0. The third kappa shape index (κ3) is 5.36. The highest BCUT2D eigenvalue weighted by molar-refractivity contribution is 9.10. The molecule has 8 heteroatoms. The van der Waals surface area contributed by atoms with Crippen molar-refractivity contribution in [1.82, 2.24) is 0 Å². The van der Waals surface area contributed by atoms with Gasteiger partial charge in [-0.05, 0) is 72.1 Å². The van der Waals surface area contributed by atoms with E-state index in [4.69, 9.17) is 4.74 Å². The standard InChI is InChI=1S/C20H23BrN2O4S/c1-5-6-14(3)20(24)22-15-8-10-18(27-4)19(12-15)28(25,26)23-17-11-13(2)7-9-16(17)21/h6-12,23H,5H2,1-4H3,(H,22,24). The molecule has 0 atom stereocenters. The van der Waals surface area contributed by atoms with Crippen LogP contribution in [0.5, 0.6) is 5.75 Å². The first-order valence-electron chi connectivity index (χ1n) is 8.63. The van der Waals surface area contributed by atoms with E-state index >= 15 is 0 Å². The summed E-state index contributed by atoms with van der Waals surface area (Å²) in [5, 5.41) is 2.71. The fourth-order valence-electron chi connectivity index (χ4n) is 2.51. The zero-order valence-corrected chi connectivity index (χ0v) is 18.6. The van der Waals surface area contributed by atoms with E-state index in [1.807, 2.05) is 19.9 Å². The number of carbonyl (C=O) groups is 1. The van der Waals surface area contributed by atoms with Crippen LogP contribution in [0.4, 0.5) is 11.4 Å². The van der Waals surface area contributed by atoms with E-state index < -0.39 is 10.0 Å². The first-order valence-corrected chi connectivity index (χ1v) is 10.9. The molecular weight excluding hydrogens is 444 g/mol. The SMILES string of the molecule is CCC=C(C)C(=O)Nc1ccc(OC)c(S(=O)(=O)Nc2cc(C)ccc2Br)c1. The third-order valence-electron chi connectivity index (χ3n) is 3.95. The van der Waals surface area contributed by atoms with Crippen LogP contribution in [0.1, 0.15) is 25.8 Å². The Kier molecular flexibility index (Phi) is 7.26. The number of allylic oxidation sites excluding steroid dienone is 1. The molecule has 150 valence electrons. The smallest absolute Gasteiger partial charge is 0.265 e. The summed E-state index contributed by atoms with van der Waals surface area (Å²) in [6, 6.07) is 9.83. The van der Waals surface area contributed by atoms with E-state index in [0.717, 1.165) is 12.0 Å². The van der Waals surface area contributed by atoms with Crippen molar-refractivity contribution in [3.8, 4) is 5.75 Å². The summed E-state index contributed by atoms with van der Waals surface area (Å²) in [5.74, 6) is -0.111. The molecule has 0 aliphatic heterocycles. The topological polar surface area (TPSA) is 84.5 Å². The van der Waals surface area contributed by atoms with Gasteiger partial charge < -0.3 is 10.1 Å². The van der Waals surface area contributed by atoms with Crippen LogP contribution in [0, 0.1) is 6.92 Å². The van der Waals surface area contributed by atoms with Crippen LogP contribution < -0.4 is 14.8 Å². The number of halogens is 1. The molecule has 0 saturated carbocycles. The molecule has 0 spiro atoms. The minimum Gasteiger partial charge on any atom is -0.495 e. The molecule has 0 bridgehead atoms. The Balaban J connectivity index is 2.40. The number of amides is 1. The van der Waals surface area contributed by atoms with Gasteiger partial charge in [0.2, 0.25) is 0 Å². The van der Waals surface area contributed by atoms with Gasteiger partial charge in [0.15, 0.2) is 0 Å². The minimum atomic E-state index is -3.96. The van der Waals surface area contributed by atoms with E-state index in [1.54, 1.807) is 31.2 Å². The largest absolute Gasteiger partial charge is 0.495 e. The van der Waals surface area contributed by atoms with Crippen molar-refractivity contribution in [2.45, 2.75) is 32.1 Å². The number of hydrogen-bond acceptors (Lipinski definition) is 4. The summed E-state index contributed by atoms with van der Waals surface area (Å²) in [5.41, 5.74) is 2.24. The van der Waals surface area contributed by atoms with Crippen molar-refractivity contribution in [3.05, 3.63) is 58.1 Å². The van der Waals surface area contributed by atoms with Gasteiger partial charge in [-0.1, -0.05) is 19.1 Å². The van der Waals surface area contributed by atoms with Gasteiger partial charge in [0.25, 0.3) is 15.9 Å². The fourth-order valence-corrected chi connectivity index (χ4v) is 4.25. The van der Waals surface area contributed by atoms with Crippen LogP contribution in [-0.4, -0.2) is 21.4 Å². The molecule has 28 heavy (non-hydrogen) atoms. The summed E-state index contributed by atoms with van der Waals surface area (Å²) in [7, 11) is -2.56. The van der Waals surface area contributed by atoms with Gasteiger partial charge in [-0.2, -0.15) is 0 Å². The Morgan fingerprint density at radius 1 is 1.21 bits per heavy atom. The maximum atomic E-state index is 13.0. The van der Waals surface area contributed by atoms with Crippen molar-refractivity contribution >= 4 is 43.2 Å². The molecular formula is C20H23BrN2O4S. The molecule has 2 N–H and O–H groups in total.